The fourth-order valence-electron chi connectivity index (χ4n) is 3.60. The number of fused-ring (bicyclic) bond motifs is 1. The summed E-state index contributed by atoms with van der Waals surface area (Å²) in [5.74, 6) is 0.627. The Balaban J connectivity index is 1.65. The maximum Gasteiger partial charge on any atom is 0.322 e. The van der Waals surface area contributed by atoms with Gasteiger partial charge in [-0.2, -0.15) is 0 Å². The van der Waals surface area contributed by atoms with Crippen molar-refractivity contribution in [2.45, 2.75) is 26.3 Å². The highest BCUT2D eigenvalue weighted by Crippen LogP contribution is 2.29. The van der Waals surface area contributed by atoms with Crippen molar-refractivity contribution in [2.24, 2.45) is 0 Å². The molecule has 1 aliphatic heterocycles. The lowest BCUT2D eigenvalue weighted by atomic mass is 9.93. The molecular formula is C22H27N3O3. The Hall–Kier alpha value is -3.02. The molecule has 1 unspecified atom stereocenters. The average molecular weight is 381 g/mol. The number of anilines is 1. The quantitative estimate of drug-likeness (QED) is 0.859. The lowest BCUT2D eigenvalue weighted by Gasteiger charge is -2.36. The Morgan fingerprint density at radius 1 is 1.21 bits per heavy atom. The topological polar surface area (TPSA) is 61.9 Å². The van der Waals surface area contributed by atoms with E-state index < -0.39 is 0 Å². The lowest BCUT2D eigenvalue weighted by molar-refractivity contribution is -0.134. The summed E-state index contributed by atoms with van der Waals surface area (Å²) in [6, 6.07) is 15.1. The molecule has 28 heavy (non-hydrogen) atoms. The van der Waals surface area contributed by atoms with E-state index in [1.807, 2.05) is 43.0 Å². The van der Waals surface area contributed by atoms with Crippen molar-refractivity contribution in [3.63, 3.8) is 0 Å². The van der Waals surface area contributed by atoms with Gasteiger partial charge in [-0.05, 0) is 43.5 Å². The molecule has 2 aromatic rings. The van der Waals surface area contributed by atoms with Gasteiger partial charge < -0.3 is 19.9 Å². The fraction of sp³-hybridized carbons (Fsp3) is 0.364. The van der Waals surface area contributed by atoms with E-state index in [0.29, 0.717) is 24.5 Å². The minimum Gasteiger partial charge on any atom is -0.497 e. The molecule has 2 aromatic carbocycles. The van der Waals surface area contributed by atoms with E-state index in [1.54, 1.807) is 19.2 Å². The maximum absolute atomic E-state index is 12.9. The first-order valence-electron chi connectivity index (χ1n) is 9.60. The third-order valence-electron chi connectivity index (χ3n) is 5.23. The zero-order valence-corrected chi connectivity index (χ0v) is 16.6. The Labute approximate surface area is 166 Å². The summed E-state index contributed by atoms with van der Waals surface area (Å²) in [5.41, 5.74) is 3.11. The van der Waals surface area contributed by atoms with Gasteiger partial charge in [0.05, 0.1) is 13.2 Å². The van der Waals surface area contributed by atoms with Crippen molar-refractivity contribution < 1.29 is 14.3 Å². The Morgan fingerprint density at radius 2 is 2.00 bits per heavy atom. The van der Waals surface area contributed by atoms with Crippen LogP contribution in [0.25, 0.3) is 0 Å². The number of urea groups is 1. The molecule has 0 bridgehead atoms. The van der Waals surface area contributed by atoms with E-state index in [2.05, 4.69) is 17.4 Å². The molecule has 1 N–H and O–H groups in total. The number of hydrogen-bond donors (Lipinski definition) is 1. The summed E-state index contributed by atoms with van der Waals surface area (Å²) in [6.45, 7) is 5.08. The van der Waals surface area contributed by atoms with Gasteiger partial charge in [-0.1, -0.05) is 30.3 Å². The van der Waals surface area contributed by atoms with Crippen LogP contribution >= 0.6 is 0 Å². The maximum atomic E-state index is 12.9. The SMILES string of the molecule is CCN(CC(=O)N1CCc2ccccc2C1C)C(=O)Nc1cccc(OC)c1. The Bertz CT molecular complexity index is 852. The third-order valence-corrected chi connectivity index (χ3v) is 5.23. The highest BCUT2D eigenvalue weighted by atomic mass is 16.5. The minimum absolute atomic E-state index is 0.0117. The monoisotopic (exact) mass is 381 g/mol. The van der Waals surface area contributed by atoms with Gasteiger partial charge in [0.2, 0.25) is 5.91 Å². The van der Waals surface area contributed by atoms with Gasteiger partial charge in [-0.25, -0.2) is 4.79 Å². The summed E-state index contributed by atoms with van der Waals surface area (Å²) in [6.07, 6.45) is 0.842. The molecule has 0 saturated carbocycles. The van der Waals surface area contributed by atoms with Crippen LogP contribution in [0.5, 0.6) is 5.75 Å². The first kappa shape index (κ1) is 19.7. The van der Waals surface area contributed by atoms with Crippen molar-refractivity contribution in [3.05, 3.63) is 59.7 Å². The molecule has 1 heterocycles. The van der Waals surface area contributed by atoms with Crippen LogP contribution in [0.3, 0.4) is 0 Å². The lowest BCUT2D eigenvalue weighted by Crippen LogP contribution is -2.47. The summed E-state index contributed by atoms with van der Waals surface area (Å²) in [4.78, 5) is 29.0. The number of benzene rings is 2. The zero-order valence-electron chi connectivity index (χ0n) is 16.6. The molecule has 1 aliphatic rings. The second-order valence-electron chi connectivity index (χ2n) is 6.89. The van der Waals surface area contributed by atoms with Crippen molar-refractivity contribution in [1.82, 2.24) is 9.80 Å². The number of ether oxygens (including phenoxy) is 1. The predicted molar refractivity (Wildman–Crippen MR) is 110 cm³/mol. The van der Waals surface area contributed by atoms with E-state index in [9.17, 15) is 9.59 Å². The molecule has 6 heteroatoms. The smallest absolute Gasteiger partial charge is 0.322 e. The van der Waals surface area contributed by atoms with Gasteiger partial charge in [0.15, 0.2) is 0 Å². The Morgan fingerprint density at radius 3 is 2.75 bits per heavy atom. The standard InChI is InChI=1S/C22H27N3O3/c1-4-24(22(27)23-18-9-7-10-19(14-18)28-3)15-21(26)25-13-12-17-8-5-6-11-20(17)16(25)2/h5-11,14,16H,4,12-13,15H2,1-3H3,(H,23,27). The predicted octanol–water partition coefficient (Wildman–Crippen LogP) is 3.69. The molecule has 3 rings (SSSR count). The molecule has 0 aromatic heterocycles. The number of nitrogens with one attached hydrogen (secondary N) is 1. The van der Waals surface area contributed by atoms with Crippen LogP contribution in [0.2, 0.25) is 0 Å². The van der Waals surface area contributed by atoms with Crippen molar-refractivity contribution in [3.8, 4) is 5.75 Å². The number of carbonyl (C=O) groups is 2. The normalized spacial score (nSPS) is 15.5. The van der Waals surface area contributed by atoms with Crippen LogP contribution in [-0.4, -0.2) is 48.5 Å². The third kappa shape index (κ3) is 4.27. The number of methoxy groups -OCH3 is 1. The molecule has 0 fully saturated rings. The van der Waals surface area contributed by atoms with Crippen molar-refractivity contribution in [2.75, 3.05) is 32.1 Å². The van der Waals surface area contributed by atoms with Crippen molar-refractivity contribution in [1.29, 1.82) is 0 Å². The van der Waals surface area contributed by atoms with Gasteiger partial charge in [0.25, 0.3) is 0 Å². The first-order chi connectivity index (χ1) is 13.5. The van der Waals surface area contributed by atoms with Gasteiger partial charge in [0, 0.05) is 24.8 Å². The molecule has 0 aliphatic carbocycles. The first-order valence-corrected chi connectivity index (χ1v) is 9.60. The van der Waals surface area contributed by atoms with E-state index in [0.717, 1.165) is 6.42 Å². The Kier molecular flexibility index (Phi) is 6.19. The molecule has 0 saturated heterocycles. The largest absolute Gasteiger partial charge is 0.497 e. The fourth-order valence-corrected chi connectivity index (χ4v) is 3.60. The number of carbonyl (C=O) groups excluding carboxylic acids is 2. The van der Waals surface area contributed by atoms with Crippen LogP contribution in [0.1, 0.15) is 31.0 Å². The second-order valence-corrected chi connectivity index (χ2v) is 6.89. The summed E-state index contributed by atoms with van der Waals surface area (Å²) in [7, 11) is 1.58. The van der Waals surface area contributed by atoms with E-state index >= 15 is 0 Å². The molecule has 0 radical (unpaired) electrons. The second kappa shape index (κ2) is 8.78. The van der Waals surface area contributed by atoms with E-state index in [-0.39, 0.29) is 24.5 Å². The van der Waals surface area contributed by atoms with Gasteiger partial charge in [0.1, 0.15) is 12.3 Å². The number of hydrogen-bond acceptors (Lipinski definition) is 3. The number of nitrogens with zero attached hydrogens (tertiary/aromatic N) is 2. The molecule has 3 amide bonds. The molecule has 0 spiro atoms. The van der Waals surface area contributed by atoms with Crippen LogP contribution < -0.4 is 10.1 Å². The highest BCUT2D eigenvalue weighted by molar-refractivity contribution is 5.92. The average Bonchev–Trinajstić information content (AvgIpc) is 2.72. The van der Waals surface area contributed by atoms with Crippen LogP contribution in [-0.2, 0) is 11.2 Å². The van der Waals surface area contributed by atoms with Gasteiger partial charge in [-0.15, -0.1) is 0 Å². The molecule has 148 valence electrons. The molecule has 6 nitrogen and oxygen atoms in total. The van der Waals surface area contributed by atoms with Crippen molar-refractivity contribution >= 4 is 17.6 Å². The van der Waals surface area contributed by atoms with E-state index in [1.165, 1.54) is 16.0 Å². The van der Waals surface area contributed by atoms with Crippen LogP contribution in [0.15, 0.2) is 48.5 Å². The number of amides is 3. The van der Waals surface area contributed by atoms with Crippen LogP contribution in [0, 0.1) is 0 Å². The minimum atomic E-state index is -0.297. The van der Waals surface area contributed by atoms with E-state index in [4.69, 9.17) is 4.74 Å². The summed E-state index contributed by atoms with van der Waals surface area (Å²) in [5, 5.41) is 2.84. The summed E-state index contributed by atoms with van der Waals surface area (Å²) < 4.78 is 5.18. The van der Waals surface area contributed by atoms with Gasteiger partial charge >= 0.3 is 6.03 Å². The highest BCUT2D eigenvalue weighted by Gasteiger charge is 2.29. The zero-order chi connectivity index (χ0) is 20.1. The molecule has 1 atom stereocenters. The number of likely N-dealkylation sites (N-methyl/N-ethyl adjacent to an activating group) is 1. The molecular weight excluding hydrogens is 354 g/mol. The van der Waals surface area contributed by atoms with Gasteiger partial charge in [-0.3, -0.25) is 4.79 Å². The number of rotatable bonds is 5. The van der Waals surface area contributed by atoms with Crippen LogP contribution in [0.4, 0.5) is 10.5 Å². The summed E-state index contributed by atoms with van der Waals surface area (Å²) >= 11 is 0.